The van der Waals surface area contributed by atoms with E-state index in [1.165, 1.54) is 5.56 Å². The van der Waals surface area contributed by atoms with Gasteiger partial charge in [0, 0.05) is 25.1 Å². The maximum absolute atomic E-state index is 9.47. The first-order valence-corrected chi connectivity index (χ1v) is 9.79. The molecule has 0 bridgehead atoms. The van der Waals surface area contributed by atoms with E-state index >= 15 is 0 Å². The number of halogens is 1. The molecule has 1 unspecified atom stereocenters. The summed E-state index contributed by atoms with van der Waals surface area (Å²) in [6.45, 7) is 7.26. The van der Waals surface area contributed by atoms with E-state index in [9.17, 15) is 5.11 Å². The molecular weight excluding hydrogens is 268 g/mol. The van der Waals surface area contributed by atoms with Crippen molar-refractivity contribution in [2.75, 3.05) is 6.61 Å². The van der Waals surface area contributed by atoms with Gasteiger partial charge in [-0.15, -0.1) is 0 Å². The van der Waals surface area contributed by atoms with Gasteiger partial charge in [-0.3, -0.25) is 0 Å². The smallest absolute Gasteiger partial charge is 0.0497 e. The summed E-state index contributed by atoms with van der Waals surface area (Å²) in [5, 5.41) is 9.47. The van der Waals surface area contributed by atoms with E-state index in [4.69, 9.17) is 0 Å². The molecule has 0 aliphatic rings. The molecular formula is C12H19BrOSi. The van der Waals surface area contributed by atoms with Crippen molar-refractivity contribution in [3.05, 3.63) is 34.3 Å². The molecule has 0 aliphatic heterocycles. The normalized spacial score (nSPS) is 13.9. The standard InChI is InChI=1S/C12H19BrOSi/c1-15(2,3)9-10(8-14)11-6-4-5-7-12(11)13/h4-7,10,14H,8-9H2,1-3H3. The second-order valence-electron chi connectivity index (χ2n) is 5.17. The average molecular weight is 287 g/mol. The molecule has 0 aromatic heterocycles. The molecule has 1 aromatic carbocycles. The van der Waals surface area contributed by atoms with E-state index in [1.54, 1.807) is 0 Å². The summed E-state index contributed by atoms with van der Waals surface area (Å²) < 4.78 is 1.11. The quantitative estimate of drug-likeness (QED) is 0.834. The number of hydrogen-bond donors (Lipinski definition) is 1. The summed E-state index contributed by atoms with van der Waals surface area (Å²) >= 11 is 3.55. The molecule has 0 fully saturated rings. The van der Waals surface area contributed by atoms with Crippen LogP contribution in [0.25, 0.3) is 0 Å². The van der Waals surface area contributed by atoms with E-state index in [-0.39, 0.29) is 12.5 Å². The van der Waals surface area contributed by atoms with Crippen molar-refractivity contribution < 1.29 is 5.11 Å². The lowest BCUT2D eigenvalue weighted by molar-refractivity contribution is 0.272. The third kappa shape index (κ3) is 4.09. The summed E-state index contributed by atoms with van der Waals surface area (Å²) in [7, 11) is -1.13. The predicted molar refractivity (Wildman–Crippen MR) is 72.1 cm³/mol. The second kappa shape index (κ2) is 5.28. The highest BCUT2D eigenvalue weighted by Crippen LogP contribution is 2.31. The van der Waals surface area contributed by atoms with Gasteiger partial charge in [0.05, 0.1) is 0 Å². The Hall–Kier alpha value is -0.123. The highest BCUT2D eigenvalue weighted by molar-refractivity contribution is 9.10. The Bertz CT molecular complexity index is 320. The van der Waals surface area contributed by atoms with Crippen molar-refractivity contribution >= 4 is 24.0 Å². The van der Waals surface area contributed by atoms with Crippen LogP contribution in [0.1, 0.15) is 11.5 Å². The number of benzene rings is 1. The van der Waals surface area contributed by atoms with Crippen LogP contribution in [0.4, 0.5) is 0 Å². The van der Waals surface area contributed by atoms with Gasteiger partial charge >= 0.3 is 0 Å². The zero-order valence-electron chi connectivity index (χ0n) is 9.63. The summed E-state index contributed by atoms with van der Waals surface area (Å²) in [5.41, 5.74) is 1.24. The lowest BCUT2D eigenvalue weighted by atomic mass is 10.0. The molecule has 0 radical (unpaired) electrons. The molecule has 1 rings (SSSR count). The lowest BCUT2D eigenvalue weighted by Gasteiger charge is -2.24. The fourth-order valence-electron chi connectivity index (χ4n) is 1.82. The number of rotatable bonds is 4. The second-order valence-corrected chi connectivity index (χ2v) is 11.5. The molecule has 0 heterocycles. The van der Waals surface area contributed by atoms with Gasteiger partial charge in [0.1, 0.15) is 0 Å². The van der Waals surface area contributed by atoms with Crippen molar-refractivity contribution in [1.82, 2.24) is 0 Å². The molecule has 15 heavy (non-hydrogen) atoms. The first-order valence-electron chi connectivity index (χ1n) is 5.29. The Balaban J connectivity index is 2.88. The van der Waals surface area contributed by atoms with Crippen LogP contribution in [0.5, 0.6) is 0 Å². The fourth-order valence-corrected chi connectivity index (χ4v) is 4.25. The van der Waals surface area contributed by atoms with Crippen LogP contribution in [-0.4, -0.2) is 19.8 Å². The highest BCUT2D eigenvalue weighted by atomic mass is 79.9. The summed E-state index contributed by atoms with van der Waals surface area (Å²) in [6.07, 6.45) is 0. The highest BCUT2D eigenvalue weighted by Gasteiger charge is 2.22. The van der Waals surface area contributed by atoms with Crippen LogP contribution in [0, 0.1) is 0 Å². The molecule has 1 nitrogen and oxygen atoms in total. The van der Waals surface area contributed by atoms with Gasteiger partial charge in [0.25, 0.3) is 0 Å². The molecule has 84 valence electrons. The topological polar surface area (TPSA) is 20.2 Å². The van der Waals surface area contributed by atoms with Crippen LogP contribution in [0.2, 0.25) is 25.7 Å². The Morgan fingerprint density at radius 3 is 2.33 bits per heavy atom. The Morgan fingerprint density at radius 2 is 1.87 bits per heavy atom. The first kappa shape index (κ1) is 12.9. The Morgan fingerprint density at radius 1 is 1.27 bits per heavy atom. The van der Waals surface area contributed by atoms with E-state index in [0.29, 0.717) is 0 Å². The molecule has 0 aliphatic carbocycles. The number of hydrogen-bond acceptors (Lipinski definition) is 1. The van der Waals surface area contributed by atoms with Crippen LogP contribution in [0.15, 0.2) is 28.7 Å². The van der Waals surface area contributed by atoms with Crippen molar-refractivity contribution in [3.63, 3.8) is 0 Å². The predicted octanol–water partition coefficient (Wildman–Crippen LogP) is 3.86. The van der Waals surface area contributed by atoms with Crippen molar-refractivity contribution in [2.24, 2.45) is 0 Å². The molecule has 1 atom stereocenters. The largest absolute Gasteiger partial charge is 0.396 e. The minimum absolute atomic E-state index is 0.243. The van der Waals surface area contributed by atoms with Gasteiger partial charge in [-0.05, 0) is 17.7 Å². The van der Waals surface area contributed by atoms with Gasteiger partial charge in [0.2, 0.25) is 0 Å². The maximum Gasteiger partial charge on any atom is 0.0497 e. The van der Waals surface area contributed by atoms with Gasteiger partial charge < -0.3 is 5.11 Å². The summed E-state index contributed by atoms with van der Waals surface area (Å²) in [6, 6.07) is 9.32. The number of aliphatic hydroxyl groups excluding tert-OH is 1. The molecule has 1 N–H and O–H groups in total. The SMILES string of the molecule is C[Si](C)(C)CC(CO)c1ccccc1Br. The molecule has 0 spiro atoms. The maximum atomic E-state index is 9.47. The van der Waals surface area contributed by atoms with Crippen LogP contribution >= 0.6 is 15.9 Å². The van der Waals surface area contributed by atoms with Gasteiger partial charge in [-0.1, -0.05) is 53.8 Å². The van der Waals surface area contributed by atoms with Crippen molar-refractivity contribution in [1.29, 1.82) is 0 Å². The Labute approximate surface area is 102 Å². The zero-order valence-corrected chi connectivity index (χ0v) is 12.2. The third-order valence-electron chi connectivity index (χ3n) is 2.42. The summed E-state index contributed by atoms with van der Waals surface area (Å²) in [4.78, 5) is 0. The van der Waals surface area contributed by atoms with Crippen LogP contribution in [0.3, 0.4) is 0 Å². The molecule has 3 heteroatoms. The van der Waals surface area contributed by atoms with Crippen LogP contribution in [-0.2, 0) is 0 Å². The average Bonchev–Trinajstić information content (AvgIpc) is 2.14. The summed E-state index contributed by atoms with van der Waals surface area (Å²) in [5.74, 6) is 0.284. The molecule has 0 amide bonds. The van der Waals surface area contributed by atoms with E-state index in [1.807, 2.05) is 18.2 Å². The minimum Gasteiger partial charge on any atom is -0.396 e. The van der Waals surface area contributed by atoms with Crippen LogP contribution < -0.4 is 0 Å². The Kier molecular flexibility index (Phi) is 4.56. The zero-order chi connectivity index (χ0) is 11.5. The fraction of sp³-hybridized carbons (Fsp3) is 0.500. The first-order chi connectivity index (χ1) is 6.94. The van der Waals surface area contributed by atoms with Crippen molar-refractivity contribution in [3.8, 4) is 0 Å². The van der Waals surface area contributed by atoms with E-state index < -0.39 is 8.07 Å². The van der Waals surface area contributed by atoms with E-state index in [2.05, 4.69) is 41.6 Å². The monoisotopic (exact) mass is 286 g/mol. The number of aliphatic hydroxyl groups is 1. The van der Waals surface area contributed by atoms with E-state index in [0.717, 1.165) is 10.5 Å². The lowest BCUT2D eigenvalue weighted by Crippen LogP contribution is -2.24. The van der Waals surface area contributed by atoms with Gasteiger partial charge in [-0.25, -0.2) is 0 Å². The third-order valence-corrected chi connectivity index (χ3v) is 4.86. The molecule has 1 aromatic rings. The van der Waals surface area contributed by atoms with Crippen molar-refractivity contribution in [2.45, 2.75) is 31.6 Å². The molecule has 0 saturated heterocycles. The van der Waals surface area contributed by atoms with Gasteiger partial charge in [-0.2, -0.15) is 0 Å². The molecule has 0 saturated carbocycles. The van der Waals surface area contributed by atoms with Gasteiger partial charge in [0.15, 0.2) is 0 Å². The minimum atomic E-state index is -1.13.